The molecule has 20 valence electrons. The smallest absolute Gasteiger partial charge is 0 e. The van der Waals surface area contributed by atoms with Crippen LogP contribution in [0.15, 0.2) is 0 Å². The average Bonchev–Trinajstić information content (AvgIpc) is 0. The van der Waals surface area contributed by atoms with Gasteiger partial charge in [0.2, 0.25) is 0 Å². The standard InChI is InChI=1S/Al.In.Sn.Zn.8H. The number of hydrogen-bond donors (Lipinski definition) is 0. The second-order valence-electron chi connectivity index (χ2n) is 0. The summed E-state index contributed by atoms with van der Waals surface area (Å²) in [5, 5.41) is 0. The molecule has 0 aromatic rings. The number of rotatable bonds is 0. The minimum Gasteiger partial charge on any atom is 0 e. The topological polar surface area (TPSA) is 0 Å². The molecule has 0 atom stereocenters. The van der Waals surface area contributed by atoms with Gasteiger partial charge in [-0.1, -0.05) is 0 Å². The fourth-order valence-electron chi connectivity index (χ4n) is 0. The van der Waals surface area contributed by atoms with Gasteiger partial charge in [-0.05, 0) is 0 Å². The van der Waals surface area contributed by atoms with Crippen LogP contribution in [0.25, 0.3) is 0 Å². The Labute approximate surface area is 85.1 Å². The van der Waals surface area contributed by atoms with E-state index in [2.05, 4.69) is 0 Å². The molecule has 0 saturated heterocycles. The van der Waals surface area contributed by atoms with Gasteiger partial charge >= 0.3 is 49.8 Å². The third kappa shape index (κ3) is 8.85. The monoisotopic (exact) mass is 334 g/mol. The Hall–Kier alpha value is 2.82. The van der Waals surface area contributed by atoms with Crippen LogP contribution in [0.4, 0.5) is 0 Å². The Balaban J connectivity index is 0. The molecule has 0 aliphatic rings. The molecule has 4 heteroatoms. The van der Waals surface area contributed by atoms with E-state index in [0.29, 0.717) is 0 Å². The third-order valence-electron chi connectivity index (χ3n) is 0. The van der Waals surface area contributed by atoms with Gasteiger partial charge in [0, 0.05) is 19.5 Å². The van der Waals surface area contributed by atoms with Gasteiger partial charge in [0.15, 0.2) is 17.4 Å². The first-order valence-electron chi connectivity index (χ1n) is 0. The molecule has 2 radical (unpaired) electrons. The Morgan fingerprint density at radius 3 is 1.00 bits per heavy atom. The maximum Gasteiger partial charge on any atom is 0 e. The first-order valence-corrected chi connectivity index (χ1v) is 0. The van der Waals surface area contributed by atoms with E-state index in [4.69, 9.17) is 0 Å². The van der Waals surface area contributed by atoms with Crippen molar-refractivity contribution in [3.63, 3.8) is 0 Å². The van der Waals surface area contributed by atoms with Gasteiger partial charge in [-0.2, -0.15) is 0 Å². The Bertz CT molecular complexity index is 8.00. The molecule has 0 saturated carbocycles. The van der Waals surface area contributed by atoms with Gasteiger partial charge in [0.05, 0.1) is 0 Å². The summed E-state index contributed by atoms with van der Waals surface area (Å²) in [5.41, 5.74) is 0. The fraction of sp³-hybridized carbons (Fsp3) is 0. The summed E-state index contributed by atoms with van der Waals surface area (Å²) in [6.07, 6.45) is 0. The van der Waals surface area contributed by atoms with Crippen LogP contribution in [0.5, 0.6) is 0 Å². The van der Waals surface area contributed by atoms with Crippen LogP contribution < -0.4 is 0 Å². The summed E-state index contributed by atoms with van der Waals surface area (Å²) in [7, 11) is 0. The molecule has 0 aliphatic carbocycles. The van der Waals surface area contributed by atoms with Crippen molar-refractivity contribution in [3.8, 4) is 0 Å². The molecule has 0 heterocycles. The third-order valence-corrected chi connectivity index (χ3v) is 0. The predicted molar refractivity (Wildman–Crippen MR) is 28.4 cm³/mol. The molecule has 0 bridgehead atoms. The quantitative estimate of drug-likeness (QED) is 0.408. The van der Waals surface area contributed by atoms with E-state index in [0.717, 1.165) is 0 Å². The van der Waals surface area contributed by atoms with E-state index < -0.39 is 0 Å². The van der Waals surface area contributed by atoms with E-state index in [9.17, 15) is 0 Å². The van der Waals surface area contributed by atoms with Crippen molar-refractivity contribution in [1.29, 1.82) is 0 Å². The Morgan fingerprint density at radius 1 is 1.00 bits per heavy atom. The molecule has 4 heavy (non-hydrogen) atoms. The van der Waals surface area contributed by atoms with Crippen molar-refractivity contribution >= 4 is 67.1 Å². The van der Waals surface area contributed by atoms with Gasteiger partial charge in [-0.25, -0.2) is 0 Å². The molecule has 0 rings (SSSR count). The normalized spacial score (nSPS) is 0. The molecule has 0 unspecified atom stereocenters. The summed E-state index contributed by atoms with van der Waals surface area (Å²) in [6, 6.07) is 0. The molecular weight excluding hydrogens is 326 g/mol. The first kappa shape index (κ1) is 29.0. The fourth-order valence-corrected chi connectivity index (χ4v) is 0. The van der Waals surface area contributed by atoms with E-state index >= 15 is 0 Å². The van der Waals surface area contributed by atoms with E-state index in [1.54, 1.807) is 0 Å². The summed E-state index contributed by atoms with van der Waals surface area (Å²) in [5.74, 6) is 0. The SMILES string of the molecule is [AlH3].[InH3].[SnH2].[Zn]. The minimum absolute atomic E-state index is 0. The van der Waals surface area contributed by atoms with Crippen LogP contribution in [-0.4, -0.2) is 67.1 Å². The van der Waals surface area contributed by atoms with Gasteiger partial charge in [0.25, 0.3) is 0 Å². The van der Waals surface area contributed by atoms with E-state index in [1.165, 1.54) is 0 Å². The Kier molecular flexibility index (Phi) is 123. The zero-order valence-electron chi connectivity index (χ0n) is 1.41. The summed E-state index contributed by atoms with van der Waals surface area (Å²) in [6.45, 7) is 0. The van der Waals surface area contributed by atoms with Crippen molar-refractivity contribution in [2.75, 3.05) is 0 Å². The van der Waals surface area contributed by atoms with Gasteiger partial charge in [0.1, 0.15) is 0 Å². The largest absolute Gasteiger partial charge is 0 e. The summed E-state index contributed by atoms with van der Waals surface area (Å²) in [4.78, 5) is 0. The van der Waals surface area contributed by atoms with Crippen molar-refractivity contribution in [1.82, 2.24) is 0 Å². The minimum atomic E-state index is 0. The molecule has 0 amide bonds. The molecule has 0 aliphatic heterocycles. The second-order valence-corrected chi connectivity index (χ2v) is 0. The molecular formula is H8AlInSnZn. The zero-order valence-corrected chi connectivity index (χ0v) is 8.42. The van der Waals surface area contributed by atoms with Gasteiger partial charge in [-0.3, -0.25) is 0 Å². The average molecular weight is 334 g/mol. The van der Waals surface area contributed by atoms with Crippen LogP contribution in [-0.2, 0) is 19.5 Å². The predicted octanol–water partition coefficient (Wildman–Crippen LogP) is -3.29. The van der Waals surface area contributed by atoms with Crippen LogP contribution in [0.3, 0.4) is 0 Å². The van der Waals surface area contributed by atoms with Crippen LogP contribution >= 0.6 is 0 Å². The van der Waals surface area contributed by atoms with Crippen molar-refractivity contribution in [2.24, 2.45) is 0 Å². The van der Waals surface area contributed by atoms with Crippen molar-refractivity contribution in [2.45, 2.75) is 0 Å². The summed E-state index contributed by atoms with van der Waals surface area (Å²) < 4.78 is 0. The maximum atomic E-state index is 0. The first-order chi connectivity index (χ1) is 0. The number of hydrogen-bond acceptors (Lipinski definition) is 0. The van der Waals surface area contributed by atoms with Crippen LogP contribution in [0, 0.1) is 0 Å². The van der Waals surface area contributed by atoms with Crippen LogP contribution in [0.2, 0.25) is 0 Å². The Morgan fingerprint density at radius 2 is 1.00 bits per heavy atom. The van der Waals surface area contributed by atoms with Gasteiger partial charge in [-0.15, -0.1) is 0 Å². The zero-order chi connectivity index (χ0) is 0. The maximum absolute atomic E-state index is 0. The molecule has 0 fully saturated rings. The van der Waals surface area contributed by atoms with E-state index in [1.807, 2.05) is 0 Å². The molecule has 0 spiro atoms. The van der Waals surface area contributed by atoms with Gasteiger partial charge < -0.3 is 0 Å². The van der Waals surface area contributed by atoms with Crippen molar-refractivity contribution < 1.29 is 19.5 Å². The second kappa shape index (κ2) is 17.0. The van der Waals surface area contributed by atoms with Crippen LogP contribution in [0.1, 0.15) is 0 Å². The summed E-state index contributed by atoms with van der Waals surface area (Å²) >= 11 is 0. The van der Waals surface area contributed by atoms with Crippen molar-refractivity contribution in [3.05, 3.63) is 0 Å². The molecule has 0 aromatic carbocycles. The van der Waals surface area contributed by atoms with E-state index in [-0.39, 0.29) is 86.6 Å². The molecule has 0 N–H and O–H groups in total. The molecule has 0 aromatic heterocycles. The molecule has 0 nitrogen and oxygen atoms in total.